The van der Waals surface area contributed by atoms with Crippen LogP contribution in [0.4, 0.5) is 0 Å². The molecule has 6 heteroatoms. The Kier molecular flexibility index (Phi) is 5.33. The van der Waals surface area contributed by atoms with Crippen molar-refractivity contribution in [2.45, 2.75) is 31.1 Å². The van der Waals surface area contributed by atoms with Crippen molar-refractivity contribution in [3.8, 4) is 11.5 Å². The van der Waals surface area contributed by atoms with Crippen LogP contribution in [0.25, 0.3) is 0 Å². The summed E-state index contributed by atoms with van der Waals surface area (Å²) in [6.45, 7) is 0. The summed E-state index contributed by atoms with van der Waals surface area (Å²) in [7, 11) is 3.18. The number of benzene rings is 2. The Morgan fingerprint density at radius 3 is 2.45 bits per heavy atom. The van der Waals surface area contributed by atoms with Gasteiger partial charge in [0.05, 0.1) is 14.2 Å². The molecule has 29 heavy (non-hydrogen) atoms. The van der Waals surface area contributed by atoms with Crippen molar-refractivity contribution in [1.82, 2.24) is 5.32 Å². The van der Waals surface area contributed by atoms with E-state index in [2.05, 4.69) is 5.32 Å². The Hall–Kier alpha value is -2.79. The smallest absolute Gasteiger partial charge is 0.225 e. The molecular formula is C23H22ClNO4. The van der Waals surface area contributed by atoms with Gasteiger partial charge in [0.2, 0.25) is 5.91 Å². The van der Waals surface area contributed by atoms with E-state index in [9.17, 15) is 9.59 Å². The van der Waals surface area contributed by atoms with Crippen molar-refractivity contribution in [3.05, 3.63) is 69.9 Å². The highest BCUT2D eigenvalue weighted by Crippen LogP contribution is 2.44. The number of hydrogen-bond acceptors (Lipinski definition) is 4. The van der Waals surface area contributed by atoms with Crippen LogP contribution in [0, 0.1) is 0 Å². The first-order valence-electron chi connectivity index (χ1n) is 9.53. The first kappa shape index (κ1) is 19.5. The molecule has 4 rings (SSSR count). The maximum atomic E-state index is 13.2. The third kappa shape index (κ3) is 3.75. The van der Waals surface area contributed by atoms with Gasteiger partial charge in [-0.05, 0) is 47.7 Å². The maximum absolute atomic E-state index is 13.2. The summed E-state index contributed by atoms with van der Waals surface area (Å²) in [5, 5.41) is 3.54. The molecule has 0 aromatic heterocycles. The van der Waals surface area contributed by atoms with E-state index in [4.69, 9.17) is 21.1 Å². The molecule has 0 saturated carbocycles. The lowest BCUT2D eigenvalue weighted by Gasteiger charge is -2.34. The van der Waals surface area contributed by atoms with E-state index in [0.717, 1.165) is 16.8 Å². The summed E-state index contributed by atoms with van der Waals surface area (Å²) in [5.41, 5.74) is 3.32. The molecule has 0 fully saturated rings. The first-order chi connectivity index (χ1) is 14.0. The van der Waals surface area contributed by atoms with Crippen LogP contribution >= 0.6 is 11.6 Å². The summed E-state index contributed by atoms with van der Waals surface area (Å²) >= 11 is 6.14. The molecule has 1 aliphatic heterocycles. The van der Waals surface area contributed by atoms with Gasteiger partial charge in [-0.1, -0.05) is 29.8 Å². The van der Waals surface area contributed by atoms with Gasteiger partial charge in [-0.3, -0.25) is 9.59 Å². The number of ether oxygens (including phenoxy) is 2. The van der Waals surface area contributed by atoms with Crippen molar-refractivity contribution in [2.75, 3.05) is 14.2 Å². The van der Waals surface area contributed by atoms with Crippen LogP contribution in [-0.2, 0) is 9.59 Å². The lowest BCUT2D eigenvalue weighted by atomic mass is 9.73. The molecule has 2 aromatic rings. The van der Waals surface area contributed by atoms with Gasteiger partial charge in [-0.15, -0.1) is 0 Å². The molecule has 0 saturated heterocycles. The fourth-order valence-electron chi connectivity index (χ4n) is 4.31. The minimum atomic E-state index is -0.253. The number of Topliss-reactive ketones (excluding diaryl/α,β-unsaturated/α-hetero) is 1. The summed E-state index contributed by atoms with van der Waals surface area (Å²) in [6.07, 6.45) is 1.24. The van der Waals surface area contributed by atoms with Crippen LogP contribution in [0.3, 0.4) is 0 Å². The zero-order valence-electron chi connectivity index (χ0n) is 16.3. The second-order valence-electron chi connectivity index (χ2n) is 7.39. The highest BCUT2D eigenvalue weighted by Gasteiger charge is 2.38. The number of carbonyl (C=O) groups excluding carboxylic acids is 2. The van der Waals surface area contributed by atoms with E-state index >= 15 is 0 Å². The number of rotatable bonds is 4. The monoisotopic (exact) mass is 411 g/mol. The molecule has 2 atom stereocenters. The van der Waals surface area contributed by atoms with Crippen molar-refractivity contribution < 1.29 is 19.1 Å². The van der Waals surface area contributed by atoms with Crippen LogP contribution in [0.2, 0.25) is 5.02 Å². The van der Waals surface area contributed by atoms with Crippen molar-refractivity contribution in [2.24, 2.45) is 0 Å². The number of halogens is 1. The highest BCUT2D eigenvalue weighted by molar-refractivity contribution is 6.30. The van der Waals surface area contributed by atoms with E-state index in [1.54, 1.807) is 20.3 Å². The van der Waals surface area contributed by atoms with E-state index in [1.807, 2.05) is 36.4 Å². The molecule has 1 aliphatic carbocycles. The summed E-state index contributed by atoms with van der Waals surface area (Å²) in [5.74, 6) is 0.980. The third-order valence-electron chi connectivity index (χ3n) is 5.67. The molecule has 1 amide bonds. The van der Waals surface area contributed by atoms with E-state index < -0.39 is 0 Å². The van der Waals surface area contributed by atoms with Crippen LogP contribution in [0.5, 0.6) is 11.5 Å². The SMILES string of the molecule is COc1ccc([C@@H]2CC(=O)C3=C(C2)NC(=O)C[C@H]3c2cccc(Cl)c2)cc1OC. The fourth-order valence-corrected chi connectivity index (χ4v) is 4.51. The van der Waals surface area contributed by atoms with Gasteiger partial charge in [-0.25, -0.2) is 0 Å². The predicted molar refractivity (Wildman–Crippen MR) is 111 cm³/mol. The second kappa shape index (κ2) is 7.91. The van der Waals surface area contributed by atoms with Gasteiger partial charge in [0.15, 0.2) is 17.3 Å². The Morgan fingerprint density at radius 2 is 1.72 bits per heavy atom. The fraction of sp³-hybridized carbons (Fsp3) is 0.304. The first-order valence-corrected chi connectivity index (χ1v) is 9.91. The normalized spacial score (nSPS) is 21.5. The Bertz CT molecular complexity index is 1010. The number of allylic oxidation sites excluding steroid dienone is 2. The number of methoxy groups -OCH3 is 2. The molecular weight excluding hydrogens is 390 g/mol. The second-order valence-corrected chi connectivity index (χ2v) is 7.83. The van der Waals surface area contributed by atoms with E-state index in [-0.39, 0.29) is 29.9 Å². The molecule has 1 heterocycles. The van der Waals surface area contributed by atoms with E-state index in [1.165, 1.54) is 0 Å². The Morgan fingerprint density at radius 1 is 0.931 bits per heavy atom. The Balaban J connectivity index is 1.70. The molecule has 0 radical (unpaired) electrons. The zero-order valence-corrected chi connectivity index (χ0v) is 17.1. The molecule has 1 N–H and O–H groups in total. The molecule has 0 unspecified atom stereocenters. The minimum absolute atomic E-state index is 0.0283. The molecule has 2 aromatic carbocycles. The molecule has 2 aliphatic rings. The van der Waals surface area contributed by atoms with Crippen molar-refractivity contribution >= 4 is 23.3 Å². The Labute approximate surface area is 174 Å². The topological polar surface area (TPSA) is 64.6 Å². The van der Waals surface area contributed by atoms with Gasteiger partial charge in [0.1, 0.15) is 0 Å². The number of amides is 1. The van der Waals surface area contributed by atoms with Crippen LogP contribution in [0.15, 0.2) is 53.7 Å². The summed E-state index contributed by atoms with van der Waals surface area (Å²) < 4.78 is 10.7. The van der Waals surface area contributed by atoms with Gasteiger partial charge >= 0.3 is 0 Å². The zero-order chi connectivity index (χ0) is 20.5. The number of carbonyl (C=O) groups is 2. The lowest BCUT2D eigenvalue weighted by Crippen LogP contribution is -2.38. The van der Waals surface area contributed by atoms with Crippen LogP contribution in [0.1, 0.15) is 42.2 Å². The molecule has 150 valence electrons. The maximum Gasteiger partial charge on any atom is 0.225 e. The number of ketones is 1. The van der Waals surface area contributed by atoms with E-state index in [0.29, 0.717) is 34.9 Å². The number of nitrogens with one attached hydrogen (secondary N) is 1. The summed E-state index contributed by atoms with van der Waals surface area (Å²) in [6, 6.07) is 13.1. The van der Waals surface area contributed by atoms with Crippen molar-refractivity contribution in [1.29, 1.82) is 0 Å². The van der Waals surface area contributed by atoms with Crippen molar-refractivity contribution in [3.63, 3.8) is 0 Å². The molecule has 0 spiro atoms. The van der Waals surface area contributed by atoms with Gasteiger partial charge in [-0.2, -0.15) is 0 Å². The minimum Gasteiger partial charge on any atom is -0.493 e. The summed E-state index contributed by atoms with van der Waals surface area (Å²) in [4.78, 5) is 25.6. The largest absolute Gasteiger partial charge is 0.493 e. The predicted octanol–water partition coefficient (Wildman–Crippen LogP) is 4.36. The molecule has 5 nitrogen and oxygen atoms in total. The molecule has 0 bridgehead atoms. The quantitative estimate of drug-likeness (QED) is 0.811. The highest BCUT2D eigenvalue weighted by atomic mass is 35.5. The average molecular weight is 412 g/mol. The third-order valence-corrected chi connectivity index (χ3v) is 5.90. The standard InChI is InChI=1S/C23H22ClNO4/c1-28-20-7-6-13(11-21(20)29-2)15-9-18-23(19(26)10-15)17(12-22(27)25-18)14-4-3-5-16(24)8-14/h3-8,11,15,17H,9-10,12H2,1-2H3,(H,25,27)/t15-,17-/m0/s1. The van der Waals surface area contributed by atoms with Gasteiger partial charge in [0, 0.05) is 35.1 Å². The number of hydrogen-bond donors (Lipinski definition) is 1. The van der Waals surface area contributed by atoms with Gasteiger partial charge < -0.3 is 14.8 Å². The van der Waals surface area contributed by atoms with Crippen LogP contribution < -0.4 is 14.8 Å². The lowest BCUT2D eigenvalue weighted by molar-refractivity contribution is -0.122. The average Bonchev–Trinajstić information content (AvgIpc) is 2.72. The van der Waals surface area contributed by atoms with Crippen LogP contribution in [-0.4, -0.2) is 25.9 Å². The van der Waals surface area contributed by atoms with Gasteiger partial charge in [0.25, 0.3) is 0 Å².